The zero-order valence-corrected chi connectivity index (χ0v) is 16.6. The van der Waals surface area contributed by atoms with E-state index in [1.54, 1.807) is 9.80 Å². The lowest BCUT2D eigenvalue weighted by Gasteiger charge is -2.38. The normalized spacial score (nSPS) is 23.6. The van der Waals surface area contributed by atoms with Gasteiger partial charge in [0, 0.05) is 45.2 Å². The Bertz CT molecular complexity index is 894. The van der Waals surface area contributed by atoms with Crippen LogP contribution in [0, 0.1) is 0 Å². The quantitative estimate of drug-likeness (QED) is 0.698. The number of alkyl halides is 3. The maximum Gasteiger partial charge on any atom is 0.433 e. The van der Waals surface area contributed by atoms with E-state index in [9.17, 15) is 22.8 Å². The Kier molecular flexibility index (Phi) is 5.58. The van der Waals surface area contributed by atoms with Gasteiger partial charge in [0.25, 0.3) is 5.91 Å². The number of piperidine rings is 1. The van der Waals surface area contributed by atoms with Crippen molar-refractivity contribution in [3.63, 3.8) is 0 Å². The zero-order valence-electron chi connectivity index (χ0n) is 16.6. The topological polar surface area (TPSA) is 112 Å². The van der Waals surface area contributed by atoms with Crippen molar-refractivity contribution in [2.75, 3.05) is 44.2 Å². The number of urea groups is 1. The van der Waals surface area contributed by atoms with E-state index in [1.807, 2.05) is 0 Å². The molecule has 0 bridgehead atoms. The van der Waals surface area contributed by atoms with Gasteiger partial charge in [-0.3, -0.25) is 4.79 Å². The van der Waals surface area contributed by atoms with Crippen molar-refractivity contribution in [1.82, 2.24) is 25.5 Å². The molecular weight excluding hydrogens is 419 g/mol. The molecule has 31 heavy (non-hydrogen) atoms. The average Bonchev–Trinajstić information content (AvgIpc) is 3.34. The van der Waals surface area contributed by atoms with E-state index >= 15 is 0 Å². The molecule has 1 atom stereocenters. The number of oxime groups is 1. The van der Waals surface area contributed by atoms with Crippen LogP contribution in [0.4, 0.5) is 23.8 Å². The van der Waals surface area contributed by atoms with Gasteiger partial charge in [0.15, 0.2) is 5.60 Å². The first-order chi connectivity index (χ1) is 14.8. The van der Waals surface area contributed by atoms with Crippen LogP contribution in [0.3, 0.4) is 0 Å². The lowest BCUT2D eigenvalue weighted by Crippen LogP contribution is -2.49. The fourth-order valence-electron chi connectivity index (χ4n) is 3.96. The smallest absolute Gasteiger partial charge is 0.386 e. The molecule has 2 saturated heterocycles. The second-order valence-corrected chi connectivity index (χ2v) is 7.75. The van der Waals surface area contributed by atoms with Gasteiger partial charge in [-0.2, -0.15) is 13.2 Å². The third-order valence-electron chi connectivity index (χ3n) is 5.52. The summed E-state index contributed by atoms with van der Waals surface area (Å²) in [7, 11) is 0. The molecule has 0 unspecified atom stereocenters. The van der Waals surface area contributed by atoms with Gasteiger partial charge in [0.05, 0.1) is 6.54 Å². The number of aromatic nitrogens is 2. The molecule has 3 amide bonds. The first-order valence-electron chi connectivity index (χ1n) is 9.96. The van der Waals surface area contributed by atoms with Crippen LogP contribution in [-0.4, -0.2) is 77.4 Å². The fraction of sp³-hybridized carbons (Fsp3) is 0.611. The zero-order chi connectivity index (χ0) is 22.1. The molecule has 0 radical (unpaired) electrons. The molecule has 3 aliphatic heterocycles. The third kappa shape index (κ3) is 4.64. The standard InChI is InChI=1S/C18H22F3N7O3/c19-18(20,21)13-8-14(25-11-24-13)28-5-1-2-17(10-28)9-12(26-31-17)15(29)22-3-6-27-7-4-23-16(27)30/h8,11H,1-7,9-10H2,(H,22,29)(H,23,30)/t17-/m0/s1. The van der Waals surface area contributed by atoms with E-state index < -0.39 is 17.5 Å². The number of rotatable bonds is 5. The molecule has 3 aliphatic rings. The van der Waals surface area contributed by atoms with E-state index in [2.05, 4.69) is 25.8 Å². The van der Waals surface area contributed by atoms with Crippen LogP contribution in [0.2, 0.25) is 0 Å². The van der Waals surface area contributed by atoms with E-state index in [0.717, 1.165) is 12.4 Å². The van der Waals surface area contributed by atoms with Gasteiger partial charge in [0.1, 0.15) is 23.6 Å². The van der Waals surface area contributed by atoms with Crippen molar-refractivity contribution in [3.8, 4) is 0 Å². The Morgan fingerprint density at radius 3 is 2.90 bits per heavy atom. The largest absolute Gasteiger partial charge is 0.433 e. The number of hydrogen-bond acceptors (Lipinski definition) is 7. The minimum absolute atomic E-state index is 0.157. The first kappa shape index (κ1) is 21.1. The molecule has 4 heterocycles. The van der Waals surface area contributed by atoms with Gasteiger partial charge in [-0.25, -0.2) is 14.8 Å². The molecule has 2 N–H and O–H groups in total. The minimum Gasteiger partial charge on any atom is -0.386 e. The summed E-state index contributed by atoms with van der Waals surface area (Å²) < 4.78 is 38.9. The lowest BCUT2D eigenvalue weighted by atomic mass is 9.88. The van der Waals surface area contributed by atoms with Crippen LogP contribution in [0.25, 0.3) is 0 Å². The number of carbonyl (C=O) groups excluding carboxylic acids is 2. The summed E-state index contributed by atoms with van der Waals surface area (Å²) in [4.78, 5) is 40.1. The molecule has 0 aromatic carbocycles. The van der Waals surface area contributed by atoms with Gasteiger partial charge < -0.3 is 25.3 Å². The highest BCUT2D eigenvalue weighted by molar-refractivity contribution is 6.39. The van der Waals surface area contributed by atoms with Crippen LogP contribution in [0.5, 0.6) is 0 Å². The Hall–Kier alpha value is -3.12. The van der Waals surface area contributed by atoms with Crippen molar-refractivity contribution in [1.29, 1.82) is 0 Å². The highest BCUT2D eigenvalue weighted by Gasteiger charge is 2.45. The summed E-state index contributed by atoms with van der Waals surface area (Å²) >= 11 is 0. The molecular formula is C18H22F3N7O3. The number of carbonyl (C=O) groups is 2. The molecule has 1 spiro atoms. The lowest BCUT2D eigenvalue weighted by molar-refractivity contribution is -0.141. The Balaban J connectivity index is 1.33. The van der Waals surface area contributed by atoms with Crippen LogP contribution in [0.1, 0.15) is 25.0 Å². The summed E-state index contributed by atoms with van der Waals surface area (Å²) in [5.41, 5.74) is -1.57. The number of nitrogens with one attached hydrogen (secondary N) is 2. The van der Waals surface area contributed by atoms with Gasteiger partial charge in [-0.05, 0) is 12.8 Å². The predicted molar refractivity (Wildman–Crippen MR) is 102 cm³/mol. The van der Waals surface area contributed by atoms with Crippen molar-refractivity contribution >= 4 is 23.5 Å². The van der Waals surface area contributed by atoms with Gasteiger partial charge in [0.2, 0.25) is 0 Å². The van der Waals surface area contributed by atoms with E-state index in [1.165, 1.54) is 0 Å². The summed E-state index contributed by atoms with van der Waals surface area (Å²) in [6, 6.07) is 0.757. The highest BCUT2D eigenvalue weighted by atomic mass is 19.4. The van der Waals surface area contributed by atoms with E-state index in [0.29, 0.717) is 39.0 Å². The van der Waals surface area contributed by atoms with Crippen molar-refractivity contribution < 1.29 is 27.6 Å². The molecule has 13 heteroatoms. The van der Waals surface area contributed by atoms with Crippen molar-refractivity contribution in [3.05, 3.63) is 18.1 Å². The van der Waals surface area contributed by atoms with Crippen LogP contribution in [-0.2, 0) is 15.8 Å². The molecule has 2 fully saturated rings. The molecule has 0 aliphatic carbocycles. The van der Waals surface area contributed by atoms with Crippen LogP contribution in [0.15, 0.2) is 17.5 Å². The Morgan fingerprint density at radius 2 is 2.16 bits per heavy atom. The number of hydrogen-bond donors (Lipinski definition) is 2. The molecule has 4 rings (SSSR count). The van der Waals surface area contributed by atoms with Crippen LogP contribution < -0.4 is 15.5 Å². The fourth-order valence-corrected chi connectivity index (χ4v) is 3.96. The maximum atomic E-state index is 13.0. The second-order valence-electron chi connectivity index (χ2n) is 7.75. The SMILES string of the molecule is O=C(NCCN1CCNC1=O)C1=NO[C@@]2(CCCN(c3cc(C(F)(F)F)ncn3)C2)C1. The summed E-state index contributed by atoms with van der Waals surface area (Å²) in [5.74, 6) is -0.221. The Morgan fingerprint density at radius 1 is 1.32 bits per heavy atom. The van der Waals surface area contributed by atoms with E-state index in [-0.39, 0.29) is 43.0 Å². The molecule has 1 aromatic heterocycles. The molecule has 0 saturated carbocycles. The monoisotopic (exact) mass is 441 g/mol. The molecule has 1 aromatic rings. The van der Waals surface area contributed by atoms with Crippen molar-refractivity contribution in [2.24, 2.45) is 5.16 Å². The number of amides is 3. The van der Waals surface area contributed by atoms with Gasteiger partial charge >= 0.3 is 12.2 Å². The highest BCUT2D eigenvalue weighted by Crippen LogP contribution is 2.36. The maximum absolute atomic E-state index is 13.0. The minimum atomic E-state index is -4.56. The number of halogens is 3. The first-order valence-corrected chi connectivity index (χ1v) is 9.96. The molecule has 168 valence electrons. The summed E-state index contributed by atoms with van der Waals surface area (Å²) in [6.07, 6.45) is -2.14. The summed E-state index contributed by atoms with van der Waals surface area (Å²) in [6.45, 7) is 2.62. The second kappa shape index (κ2) is 8.19. The average molecular weight is 441 g/mol. The molecule has 10 nitrogen and oxygen atoms in total. The van der Waals surface area contributed by atoms with Gasteiger partial charge in [-0.15, -0.1) is 0 Å². The van der Waals surface area contributed by atoms with Gasteiger partial charge in [-0.1, -0.05) is 5.16 Å². The third-order valence-corrected chi connectivity index (χ3v) is 5.52. The predicted octanol–water partition coefficient (Wildman–Crippen LogP) is 0.752. The van der Waals surface area contributed by atoms with Crippen molar-refractivity contribution in [2.45, 2.75) is 31.0 Å². The number of anilines is 1. The Labute approximate surface area is 175 Å². The number of nitrogens with zero attached hydrogens (tertiary/aromatic N) is 5. The van der Waals surface area contributed by atoms with E-state index in [4.69, 9.17) is 4.84 Å². The van der Waals surface area contributed by atoms with Crippen LogP contribution >= 0.6 is 0 Å². The summed E-state index contributed by atoms with van der Waals surface area (Å²) in [5, 5.41) is 9.35.